The van der Waals surface area contributed by atoms with E-state index in [1.54, 1.807) is 18.2 Å². The molecule has 1 heterocycles. The highest BCUT2D eigenvalue weighted by Gasteiger charge is 2.43. The van der Waals surface area contributed by atoms with Crippen molar-refractivity contribution in [1.82, 2.24) is 4.90 Å². The maximum atomic E-state index is 13.4. The third kappa shape index (κ3) is 5.51. The van der Waals surface area contributed by atoms with Crippen LogP contribution in [0.3, 0.4) is 0 Å². The normalized spacial score (nSPS) is 20.5. The van der Waals surface area contributed by atoms with Crippen LogP contribution in [0, 0.1) is 0 Å². The van der Waals surface area contributed by atoms with Crippen LogP contribution in [0.1, 0.15) is 71.3 Å². The SMILES string of the molecule is COc1ccc(C=O)cc1C1=C(CN2C(=O)O[C@H](c3cc(C(F)(F)F)cc(C(F)(F)F)c3)[C@@H]2C)CCCC1. The molecule has 38 heavy (non-hydrogen) atoms. The molecule has 2 aromatic rings. The number of benzene rings is 2. The van der Waals surface area contributed by atoms with E-state index in [0.717, 1.165) is 24.0 Å². The van der Waals surface area contributed by atoms with E-state index in [2.05, 4.69) is 0 Å². The van der Waals surface area contributed by atoms with Gasteiger partial charge in [-0.15, -0.1) is 0 Å². The van der Waals surface area contributed by atoms with Gasteiger partial charge < -0.3 is 9.47 Å². The van der Waals surface area contributed by atoms with Crippen LogP contribution in [0.25, 0.3) is 5.57 Å². The van der Waals surface area contributed by atoms with E-state index >= 15 is 0 Å². The Labute approximate surface area is 215 Å². The second kappa shape index (κ2) is 10.3. The van der Waals surface area contributed by atoms with Gasteiger partial charge in [-0.05, 0) is 85.7 Å². The number of rotatable bonds is 6. The number of ether oxygens (including phenoxy) is 2. The van der Waals surface area contributed by atoms with Crippen LogP contribution in [0.2, 0.25) is 0 Å². The molecule has 1 aliphatic carbocycles. The number of hydrogen-bond acceptors (Lipinski definition) is 4. The Kier molecular flexibility index (Phi) is 7.49. The van der Waals surface area contributed by atoms with E-state index < -0.39 is 41.7 Å². The molecule has 0 unspecified atom stereocenters. The van der Waals surface area contributed by atoms with Crippen LogP contribution in [-0.4, -0.2) is 37.0 Å². The lowest BCUT2D eigenvalue weighted by Gasteiger charge is -2.27. The third-order valence-electron chi connectivity index (χ3n) is 6.96. The van der Waals surface area contributed by atoms with Crippen molar-refractivity contribution in [3.63, 3.8) is 0 Å². The number of methoxy groups -OCH3 is 1. The van der Waals surface area contributed by atoms with Crippen molar-refractivity contribution in [2.45, 2.75) is 57.1 Å². The number of aldehydes is 1. The van der Waals surface area contributed by atoms with Crippen molar-refractivity contribution in [2.24, 2.45) is 0 Å². The summed E-state index contributed by atoms with van der Waals surface area (Å²) in [6, 6.07) is 5.37. The number of halogens is 6. The Morgan fingerprint density at radius 2 is 1.63 bits per heavy atom. The second-order valence-electron chi connectivity index (χ2n) is 9.38. The molecule has 2 atom stereocenters. The fourth-order valence-corrected chi connectivity index (χ4v) is 5.01. The molecule has 1 amide bonds. The molecule has 0 saturated carbocycles. The number of alkyl halides is 6. The summed E-state index contributed by atoms with van der Waals surface area (Å²) < 4.78 is 91.1. The Morgan fingerprint density at radius 1 is 1.00 bits per heavy atom. The van der Waals surface area contributed by atoms with Gasteiger partial charge in [-0.3, -0.25) is 9.69 Å². The lowest BCUT2D eigenvalue weighted by Crippen LogP contribution is -2.34. The van der Waals surface area contributed by atoms with E-state index in [1.165, 1.54) is 18.9 Å². The quantitative estimate of drug-likeness (QED) is 0.282. The highest BCUT2D eigenvalue weighted by molar-refractivity contribution is 5.82. The lowest BCUT2D eigenvalue weighted by molar-refractivity contribution is -0.143. The smallest absolute Gasteiger partial charge is 0.416 e. The maximum Gasteiger partial charge on any atom is 0.416 e. The summed E-state index contributed by atoms with van der Waals surface area (Å²) in [4.78, 5) is 25.5. The van der Waals surface area contributed by atoms with Gasteiger partial charge in [0.05, 0.1) is 24.3 Å². The van der Waals surface area contributed by atoms with Gasteiger partial charge in [-0.2, -0.15) is 26.3 Å². The zero-order chi connectivity index (χ0) is 27.8. The van der Waals surface area contributed by atoms with E-state index in [4.69, 9.17) is 9.47 Å². The number of cyclic esters (lactones) is 1. The summed E-state index contributed by atoms with van der Waals surface area (Å²) in [7, 11) is 1.50. The molecule has 4 rings (SSSR count). The number of amides is 1. The van der Waals surface area contributed by atoms with Crippen molar-refractivity contribution in [1.29, 1.82) is 0 Å². The topological polar surface area (TPSA) is 55.8 Å². The van der Waals surface area contributed by atoms with Crippen LogP contribution in [0.5, 0.6) is 5.75 Å². The summed E-state index contributed by atoms with van der Waals surface area (Å²) in [5.41, 5.74) is -0.421. The zero-order valence-electron chi connectivity index (χ0n) is 20.6. The van der Waals surface area contributed by atoms with Gasteiger partial charge in [-0.1, -0.05) is 0 Å². The highest BCUT2D eigenvalue weighted by Crippen LogP contribution is 2.42. The molecule has 1 fully saturated rings. The Hall–Kier alpha value is -3.50. The molecule has 1 aliphatic heterocycles. The van der Waals surface area contributed by atoms with Crippen LogP contribution in [0.4, 0.5) is 31.1 Å². The van der Waals surface area contributed by atoms with Crippen molar-refractivity contribution in [3.05, 3.63) is 69.8 Å². The number of hydrogen-bond donors (Lipinski definition) is 0. The van der Waals surface area contributed by atoms with E-state index in [-0.39, 0.29) is 18.2 Å². The molecule has 1 saturated heterocycles. The fraction of sp³-hybridized carbons (Fsp3) is 0.407. The van der Waals surface area contributed by atoms with Crippen molar-refractivity contribution < 1.29 is 45.4 Å². The highest BCUT2D eigenvalue weighted by atomic mass is 19.4. The monoisotopic (exact) mass is 541 g/mol. The standard InChI is InChI=1S/C27H25F6NO4/c1-15-24(18-10-19(26(28,29)30)12-20(11-18)27(31,32)33)38-25(36)34(15)13-17-5-3-4-6-21(17)22-9-16(14-35)7-8-23(22)37-2/h7-12,14-15,24H,3-6,13H2,1-2H3/t15-,24-/m0/s1. The first-order chi connectivity index (χ1) is 17.8. The molecule has 0 N–H and O–H groups in total. The second-order valence-corrected chi connectivity index (χ2v) is 9.38. The molecular weight excluding hydrogens is 516 g/mol. The molecule has 0 radical (unpaired) electrons. The molecule has 0 bridgehead atoms. The molecule has 2 aromatic carbocycles. The van der Waals surface area contributed by atoms with Gasteiger partial charge >= 0.3 is 18.4 Å². The largest absolute Gasteiger partial charge is 0.496 e. The van der Waals surface area contributed by atoms with Gasteiger partial charge in [0.1, 0.15) is 18.1 Å². The summed E-state index contributed by atoms with van der Waals surface area (Å²) in [6.07, 6.45) is -8.52. The van der Waals surface area contributed by atoms with Gasteiger partial charge in [0.25, 0.3) is 0 Å². The van der Waals surface area contributed by atoms with Crippen LogP contribution in [-0.2, 0) is 17.1 Å². The Balaban J connectivity index is 1.70. The summed E-state index contributed by atoms with van der Waals surface area (Å²) >= 11 is 0. The maximum absolute atomic E-state index is 13.4. The lowest BCUT2D eigenvalue weighted by atomic mass is 9.86. The number of nitrogens with zero attached hydrogens (tertiary/aromatic N) is 1. The molecule has 0 spiro atoms. The molecule has 11 heteroatoms. The van der Waals surface area contributed by atoms with Crippen LogP contribution >= 0.6 is 0 Å². The van der Waals surface area contributed by atoms with Crippen LogP contribution in [0.15, 0.2) is 42.0 Å². The molecule has 0 aromatic heterocycles. The average molecular weight is 541 g/mol. The molecule has 204 valence electrons. The summed E-state index contributed by atoms with van der Waals surface area (Å²) in [6.45, 7) is 1.60. The first-order valence-electron chi connectivity index (χ1n) is 11.9. The minimum absolute atomic E-state index is 0.0443. The first kappa shape index (κ1) is 27.5. The van der Waals surface area contributed by atoms with Gasteiger partial charge in [-0.25, -0.2) is 4.79 Å². The third-order valence-corrected chi connectivity index (χ3v) is 6.96. The number of carbonyl (C=O) groups excluding carboxylic acids is 2. The average Bonchev–Trinajstić information content (AvgIpc) is 3.15. The number of allylic oxidation sites excluding steroid dienone is 1. The summed E-state index contributed by atoms with van der Waals surface area (Å²) in [5.74, 6) is 0.545. The van der Waals surface area contributed by atoms with Crippen molar-refractivity contribution in [3.8, 4) is 5.75 Å². The van der Waals surface area contributed by atoms with E-state index in [1.807, 2.05) is 0 Å². The summed E-state index contributed by atoms with van der Waals surface area (Å²) in [5, 5.41) is 0. The Morgan fingerprint density at radius 3 is 2.21 bits per heavy atom. The predicted molar refractivity (Wildman–Crippen MR) is 126 cm³/mol. The van der Waals surface area contributed by atoms with Gasteiger partial charge in [0.2, 0.25) is 0 Å². The first-order valence-corrected chi connectivity index (χ1v) is 11.9. The molecule has 2 aliphatic rings. The Bertz CT molecular complexity index is 1230. The van der Waals surface area contributed by atoms with Crippen molar-refractivity contribution >= 4 is 18.0 Å². The minimum Gasteiger partial charge on any atom is -0.496 e. The van der Waals surface area contributed by atoms with Gasteiger partial charge in [0, 0.05) is 17.7 Å². The number of carbonyl (C=O) groups is 2. The van der Waals surface area contributed by atoms with Crippen molar-refractivity contribution in [2.75, 3.05) is 13.7 Å². The van der Waals surface area contributed by atoms with Gasteiger partial charge in [0.15, 0.2) is 0 Å². The van der Waals surface area contributed by atoms with E-state index in [9.17, 15) is 35.9 Å². The minimum atomic E-state index is -5.02. The molecule has 5 nitrogen and oxygen atoms in total. The van der Waals surface area contributed by atoms with Crippen LogP contribution < -0.4 is 4.74 Å². The zero-order valence-corrected chi connectivity index (χ0v) is 20.6. The predicted octanol–water partition coefficient (Wildman–Crippen LogP) is 7.45. The fourth-order valence-electron chi connectivity index (χ4n) is 5.01. The van der Waals surface area contributed by atoms with E-state index in [0.29, 0.717) is 48.1 Å². The molecular formula is C27H25F6NO4.